The molecule has 1 rings (SSSR count). The molecule has 0 aliphatic rings. The van der Waals surface area contributed by atoms with Crippen molar-refractivity contribution >= 4 is 21.6 Å². The second kappa shape index (κ2) is 5.32. The van der Waals surface area contributed by atoms with Crippen LogP contribution >= 0.6 is 0 Å². The maximum atomic E-state index is 11.6. The molecule has 3 N–H and O–H groups in total. The number of allylic oxidation sites excluding steroid dienone is 1. The molecule has 18 heavy (non-hydrogen) atoms. The monoisotopic (exact) mass is 268 g/mol. The predicted molar refractivity (Wildman–Crippen MR) is 70.6 cm³/mol. The lowest BCUT2D eigenvalue weighted by Gasteiger charge is -2.08. The summed E-state index contributed by atoms with van der Waals surface area (Å²) in [5.74, 6) is -0.301. The van der Waals surface area contributed by atoms with Gasteiger partial charge in [0.2, 0.25) is 15.9 Å². The number of nitrogens with two attached hydrogens (primary N) is 1. The molecule has 0 heterocycles. The van der Waals surface area contributed by atoms with Gasteiger partial charge >= 0.3 is 0 Å². The summed E-state index contributed by atoms with van der Waals surface area (Å²) in [6.07, 6.45) is 1.43. The number of primary sulfonamides is 1. The average molecular weight is 268 g/mol. The first-order valence-corrected chi connectivity index (χ1v) is 6.84. The number of carbonyl (C=O) groups excluding carboxylic acids is 1. The zero-order chi connectivity index (χ0) is 13.9. The van der Waals surface area contributed by atoms with Gasteiger partial charge in [-0.15, -0.1) is 0 Å². The Balaban J connectivity index is 3.10. The fraction of sp³-hybridized carbons (Fsp3) is 0.250. The Kier molecular flexibility index (Phi) is 4.26. The molecule has 98 valence electrons. The SMILES string of the molecule is CC(C)=CC(=O)Nc1cc(S(N)(=O)=O)ccc1C. The number of aryl methyl sites for hydroxylation is 1. The van der Waals surface area contributed by atoms with E-state index in [-0.39, 0.29) is 10.8 Å². The Morgan fingerprint density at radius 2 is 1.94 bits per heavy atom. The number of amides is 1. The maximum Gasteiger partial charge on any atom is 0.248 e. The number of benzene rings is 1. The molecular weight excluding hydrogens is 252 g/mol. The minimum atomic E-state index is -3.77. The Bertz CT molecular complexity index is 600. The van der Waals surface area contributed by atoms with Gasteiger partial charge in [0, 0.05) is 11.8 Å². The second-order valence-corrected chi connectivity index (χ2v) is 5.79. The minimum Gasteiger partial charge on any atom is -0.322 e. The van der Waals surface area contributed by atoms with Gasteiger partial charge in [-0.2, -0.15) is 0 Å². The van der Waals surface area contributed by atoms with Crippen molar-refractivity contribution in [2.75, 3.05) is 5.32 Å². The molecule has 0 radical (unpaired) electrons. The lowest BCUT2D eigenvalue weighted by molar-refractivity contribution is -0.111. The summed E-state index contributed by atoms with van der Waals surface area (Å²) in [6, 6.07) is 4.35. The zero-order valence-electron chi connectivity index (χ0n) is 10.5. The van der Waals surface area contributed by atoms with Crippen molar-refractivity contribution < 1.29 is 13.2 Å². The van der Waals surface area contributed by atoms with Crippen LogP contribution in [0.3, 0.4) is 0 Å². The van der Waals surface area contributed by atoms with Crippen molar-refractivity contribution in [3.05, 3.63) is 35.4 Å². The first kappa shape index (κ1) is 14.4. The highest BCUT2D eigenvalue weighted by Crippen LogP contribution is 2.19. The van der Waals surface area contributed by atoms with Crippen molar-refractivity contribution in [3.63, 3.8) is 0 Å². The maximum absolute atomic E-state index is 11.6. The molecule has 0 saturated carbocycles. The summed E-state index contributed by atoms with van der Waals surface area (Å²) >= 11 is 0. The van der Waals surface area contributed by atoms with Crippen LogP contribution in [0.4, 0.5) is 5.69 Å². The third-order valence-electron chi connectivity index (χ3n) is 2.22. The Morgan fingerprint density at radius 3 is 2.44 bits per heavy atom. The van der Waals surface area contributed by atoms with Crippen molar-refractivity contribution in [1.29, 1.82) is 0 Å². The van der Waals surface area contributed by atoms with Crippen molar-refractivity contribution in [2.24, 2.45) is 5.14 Å². The van der Waals surface area contributed by atoms with E-state index in [1.54, 1.807) is 26.8 Å². The molecule has 1 amide bonds. The van der Waals surface area contributed by atoms with Gasteiger partial charge in [-0.05, 0) is 38.5 Å². The molecule has 0 aliphatic carbocycles. The van der Waals surface area contributed by atoms with E-state index in [9.17, 15) is 13.2 Å². The van der Waals surface area contributed by atoms with Gasteiger partial charge in [-0.1, -0.05) is 11.6 Å². The number of nitrogens with one attached hydrogen (secondary N) is 1. The van der Waals surface area contributed by atoms with Crippen LogP contribution in [-0.2, 0) is 14.8 Å². The first-order chi connectivity index (χ1) is 8.20. The fourth-order valence-corrected chi connectivity index (χ4v) is 1.88. The summed E-state index contributed by atoms with van der Waals surface area (Å²) in [5, 5.41) is 7.65. The summed E-state index contributed by atoms with van der Waals surface area (Å²) in [7, 11) is -3.77. The summed E-state index contributed by atoms with van der Waals surface area (Å²) in [6.45, 7) is 5.37. The molecule has 6 heteroatoms. The van der Waals surface area contributed by atoms with Gasteiger partial charge in [0.1, 0.15) is 0 Å². The second-order valence-electron chi connectivity index (χ2n) is 4.23. The third kappa shape index (κ3) is 3.97. The van der Waals surface area contributed by atoms with Gasteiger partial charge in [-0.25, -0.2) is 13.6 Å². The van der Waals surface area contributed by atoms with Gasteiger partial charge in [0.25, 0.3) is 0 Å². The molecule has 0 aromatic heterocycles. The van der Waals surface area contributed by atoms with E-state index in [0.717, 1.165) is 11.1 Å². The van der Waals surface area contributed by atoms with Crippen LogP contribution in [0.1, 0.15) is 19.4 Å². The highest BCUT2D eigenvalue weighted by atomic mass is 32.2. The molecule has 0 atom stereocenters. The standard InChI is InChI=1S/C12H16N2O3S/c1-8(2)6-12(15)14-11-7-10(18(13,16)17)5-4-9(11)3/h4-7H,1-3H3,(H,14,15)(H2,13,16,17). The van der Waals surface area contributed by atoms with Gasteiger partial charge in [0.05, 0.1) is 4.90 Å². The number of hydrogen-bond donors (Lipinski definition) is 2. The van der Waals surface area contributed by atoms with Crippen molar-refractivity contribution in [2.45, 2.75) is 25.7 Å². The number of sulfonamides is 1. The molecule has 5 nitrogen and oxygen atoms in total. The fourth-order valence-electron chi connectivity index (χ4n) is 1.34. The summed E-state index contributed by atoms with van der Waals surface area (Å²) < 4.78 is 22.4. The van der Waals surface area contributed by atoms with Gasteiger partial charge < -0.3 is 5.32 Å². The Morgan fingerprint density at radius 1 is 1.33 bits per heavy atom. The highest BCUT2D eigenvalue weighted by molar-refractivity contribution is 7.89. The molecule has 0 aliphatic heterocycles. The summed E-state index contributed by atoms with van der Waals surface area (Å²) in [4.78, 5) is 11.5. The molecule has 0 spiro atoms. The zero-order valence-corrected chi connectivity index (χ0v) is 11.3. The Labute approximate surface area is 107 Å². The number of rotatable bonds is 3. The van der Waals surface area contributed by atoms with Crippen LogP contribution in [0.25, 0.3) is 0 Å². The van der Waals surface area contributed by atoms with E-state index in [1.807, 2.05) is 0 Å². The van der Waals surface area contributed by atoms with Crippen LogP contribution in [0.5, 0.6) is 0 Å². The van der Waals surface area contributed by atoms with E-state index in [2.05, 4.69) is 5.32 Å². The summed E-state index contributed by atoms with van der Waals surface area (Å²) in [5.41, 5.74) is 2.05. The van der Waals surface area contributed by atoms with E-state index >= 15 is 0 Å². The molecular formula is C12H16N2O3S. The minimum absolute atomic E-state index is 0.0272. The lowest BCUT2D eigenvalue weighted by Crippen LogP contribution is -2.14. The molecule has 1 aromatic carbocycles. The normalized spacial score (nSPS) is 10.9. The Hall–Kier alpha value is -1.66. The topological polar surface area (TPSA) is 89.3 Å². The largest absolute Gasteiger partial charge is 0.322 e. The van der Waals surface area contributed by atoms with Crippen LogP contribution in [-0.4, -0.2) is 14.3 Å². The first-order valence-electron chi connectivity index (χ1n) is 5.29. The van der Waals surface area contributed by atoms with Crippen LogP contribution in [0.15, 0.2) is 34.7 Å². The number of hydrogen-bond acceptors (Lipinski definition) is 3. The van der Waals surface area contributed by atoms with Crippen molar-refractivity contribution in [3.8, 4) is 0 Å². The third-order valence-corrected chi connectivity index (χ3v) is 3.13. The molecule has 0 fully saturated rings. The van der Waals surface area contributed by atoms with Crippen LogP contribution in [0.2, 0.25) is 0 Å². The van der Waals surface area contributed by atoms with Crippen molar-refractivity contribution in [1.82, 2.24) is 0 Å². The highest BCUT2D eigenvalue weighted by Gasteiger charge is 2.10. The van der Waals surface area contributed by atoms with E-state index < -0.39 is 10.0 Å². The smallest absolute Gasteiger partial charge is 0.248 e. The quantitative estimate of drug-likeness (QED) is 0.815. The molecule has 0 bridgehead atoms. The lowest BCUT2D eigenvalue weighted by atomic mass is 10.2. The predicted octanol–water partition coefficient (Wildman–Crippen LogP) is 1.55. The molecule has 0 saturated heterocycles. The van der Waals surface area contributed by atoms with Crippen LogP contribution in [0, 0.1) is 6.92 Å². The van der Waals surface area contributed by atoms with Crippen LogP contribution < -0.4 is 10.5 Å². The molecule has 1 aromatic rings. The van der Waals surface area contributed by atoms with Gasteiger partial charge in [0.15, 0.2) is 0 Å². The number of anilines is 1. The van der Waals surface area contributed by atoms with E-state index in [4.69, 9.17) is 5.14 Å². The number of carbonyl (C=O) groups is 1. The van der Waals surface area contributed by atoms with E-state index in [0.29, 0.717) is 5.69 Å². The van der Waals surface area contributed by atoms with E-state index in [1.165, 1.54) is 18.2 Å². The molecule has 0 unspecified atom stereocenters. The average Bonchev–Trinajstić information content (AvgIpc) is 2.18. The van der Waals surface area contributed by atoms with Gasteiger partial charge in [-0.3, -0.25) is 4.79 Å².